The summed E-state index contributed by atoms with van der Waals surface area (Å²) in [6, 6.07) is 11.3. The van der Waals surface area contributed by atoms with E-state index < -0.39 is 0 Å². The van der Waals surface area contributed by atoms with Gasteiger partial charge in [-0.1, -0.05) is 12.2 Å². The van der Waals surface area contributed by atoms with Crippen molar-refractivity contribution in [1.82, 2.24) is 15.0 Å². The second-order valence-electron chi connectivity index (χ2n) is 7.80. The van der Waals surface area contributed by atoms with E-state index in [1.54, 1.807) is 0 Å². The average Bonchev–Trinajstić information content (AvgIpc) is 3.62. The molecule has 2 atom stereocenters. The summed E-state index contributed by atoms with van der Waals surface area (Å²) < 4.78 is 33.2. The molecule has 0 saturated carbocycles. The summed E-state index contributed by atoms with van der Waals surface area (Å²) in [5.41, 5.74) is 2.43. The smallest absolute Gasteiger partial charge is 0.231 e. The van der Waals surface area contributed by atoms with Crippen LogP contribution in [-0.4, -0.2) is 47.5 Å². The fourth-order valence-corrected chi connectivity index (χ4v) is 4.11. The summed E-state index contributed by atoms with van der Waals surface area (Å²) in [4.78, 5) is 14.3. The van der Waals surface area contributed by atoms with Gasteiger partial charge in [-0.05, 0) is 42.5 Å². The van der Waals surface area contributed by atoms with Gasteiger partial charge in [0.2, 0.25) is 13.6 Å². The van der Waals surface area contributed by atoms with Gasteiger partial charge in [0.15, 0.2) is 40.5 Å². The quantitative estimate of drug-likeness (QED) is 0.604. The van der Waals surface area contributed by atoms with Crippen LogP contribution >= 0.6 is 0 Å². The van der Waals surface area contributed by atoms with Crippen LogP contribution in [0.4, 0.5) is 0 Å². The molecule has 0 spiro atoms. The SMILES string of the molecule is C1=CC2OCOC2C=C1c1nc(-c2ccc3c(c2)OCO3)nc(-c2ccc3c(c2)OCO3)n1. The number of aromatic nitrogens is 3. The van der Waals surface area contributed by atoms with Crippen LogP contribution in [0.1, 0.15) is 5.82 Å². The Kier molecular flexibility index (Phi) is 4.11. The minimum absolute atomic E-state index is 0.0859. The maximum Gasteiger partial charge on any atom is 0.231 e. The molecular weight excluding hydrogens is 426 g/mol. The Morgan fingerprint density at radius 1 is 0.606 bits per heavy atom. The van der Waals surface area contributed by atoms with E-state index in [-0.39, 0.29) is 32.6 Å². The number of nitrogens with zero attached hydrogens (tertiary/aromatic N) is 3. The molecule has 2 aromatic carbocycles. The first-order valence-corrected chi connectivity index (χ1v) is 10.5. The van der Waals surface area contributed by atoms with Gasteiger partial charge in [-0.25, -0.2) is 15.0 Å². The highest BCUT2D eigenvalue weighted by molar-refractivity contribution is 5.75. The molecule has 0 N–H and O–H groups in total. The van der Waals surface area contributed by atoms with Gasteiger partial charge >= 0.3 is 0 Å². The maximum atomic E-state index is 5.66. The van der Waals surface area contributed by atoms with Crippen LogP contribution < -0.4 is 18.9 Å². The van der Waals surface area contributed by atoms with Crippen molar-refractivity contribution in [2.75, 3.05) is 20.4 Å². The normalized spacial score (nSPS) is 21.8. The Bertz CT molecular complexity index is 1260. The molecule has 1 saturated heterocycles. The zero-order valence-electron chi connectivity index (χ0n) is 17.3. The second-order valence-corrected chi connectivity index (χ2v) is 7.80. The van der Waals surface area contributed by atoms with Crippen LogP contribution in [0.25, 0.3) is 28.3 Å². The monoisotopic (exact) mass is 443 g/mol. The summed E-state index contributed by atoms with van der Waals surface area (Å²) in [6.45, 7) is 0.670. The van der Waals surface area contributed by atoms with E-state index in [0.29, 0.717) is 40.5 Å². The summed E-state index contributed by atoms with van der Waals surface area (Å²) >= 11 is 0. The van der Waals surface area contributed by atoms with E-state index in [4.69, 9.17) is 43.4 Å². The highest BCUT2D eigenvalue weighted by Gasteiger charge is 2.29. The van der Waals surface area contributed by atoms with Crippen LogP contribution in [0.3, 0.4) is 0 Å². The predicted octanol–water partition coefficient (Wildman–Crippen LogP) is 3.36. The number of hydrogen-bond acceptors (Lipinski definition) is 9. The fraction of sp³-hybridized carbons (Fsp3) is 0.208. The molecule has 3 aromatic rings. The van der Waals surface area contributed by atoms with Crippen molar-refractivity contribution < 1.29 is 28.4 Å². The zero-order chi connectivity index (χ0) is 21.8. The molecule has 9 nitrogen and oxygen atoms in total. The topological polar surface area (TPSA) is 94.1 Å². The van der Waals surface area contributed by atoms with E-state index in [9.17, 15) is 0 Å². The average molecular weight is 443 g/mol. The van der Waals surface area contributed by atoms with Crippen LogP contribution in [0.5, 0.6) is 23.0 Å². The lowest BCUT2D eigenvalue weighted by Crippen LogP contribution is -2.21. The highest BCUT2D eigenvalue weighted by atomic mass is 16.7. The van der Waals surface area contributed by atoms with E-state index >= 15 is 0 Å². The van der Waals surface area contributed by atoms with Crippen molar-refractivity contribution >= 4 is 5.57 Å². The van der Waals surface area contributed by atoms with E-state index in [1.165, 1.54) is 0 Å². The second kappa shape index (κ2) is 7.29. The molecule has 0 amide bonds. The lowest BCUT2D eigenvalue weighted by atomic mass is 10.0. The number of rotatable bonds is 3. The first-order valence-electron chi connectivity index (χ1n) is 10.5. The molecule has 9 heteroatoms. The van der Waals surface area contributed by atoms with Gasteiger partial charge in [0.1, 0.15) is 19.0 Å². The number of fused-ring (bicyclic) bond motifs is 3. The van der Waals surface area contributed by atoms with E-state index in [1.807, 2.05) is 54.6 Å². The largest absolute Gasteiger partial charge is 0.454 e. The van der Waals surface area contributed by atoms with Gasteiger partial charge in [-0.15, -0.1) is 0 Å². The molecule has 1 aliphatic carbocycles. The molecule has 2 unspecified atom stereocenters. The predicted molar refractivity (Wildman–Crippen MR) is 115 cm³/mol. The van der Waals surface area contributed by atoms with Crippen LogP contribution in [-0.2, 0) is 9.47 Å². The van der Waals surface area contributed by atoms with Gasteiger partial charge in [-0.3, -0.25) is 0 Å². The van der Waals surface area contributed by atoms with Crippen molar-refractivity contribution in [3.8, 4) is 45.8 Å². The summed E-state index contributed by atoms with van der Waals surface area (Å²) in [6.07, 6.45) is 5.66. The van der Waals surface area contributed by atoms with Crippen LogP contribution in [0.15, 0.2) is 54.6 Å². The molecule has 33 heavy (non-hydrogen) atoms. The Labute approximate surface area is 188 Å². The third-order valence-corrected chi connectivity index (χ3v) is 5.81. The van der Waals surface area contributed by atoms with Gasteiger partial charge < -0.3 is 28.4 Å². The number of benzene rings is 2. The molecule has 0 radical (unpaired) electrons. The van der Waals surface area contributed by atoms with Gasteiger partial charge in [0.25, 0.3) is 0 Å². The number of hydrogen-bond donors (Lipinski definition) is 0. The maximum absolute atomic E-state index is 5.66. The van der Waals surface area contributed by atoms with Gasteiger partial charge in [0, 0.05) is 16.7 Å². The summed E-state index contributed by atoms with van der Waals surface area (Å²) in [5, 5.41) is 0. The lowest BCUT2D eigenvalue weighted by molar-refractivity contribution is 0.0504. The third-order valence-electron chi connectivity index (χ3n) is 5.81. The Morgan fingerprint density at radius 3 is 1.85 bits per heavy atom. The first-order chi connectivity index (χ1) is 16.3. The summed E-state index contributed by atoms with van der Waals surface area (Å²) in [5.74, 6) is 4.30. The van der Waals surface area contributed by atoms with Crippen molar-refractivity contribution in [3.63, 3.8) is 0 Å². The van der Waals surface area contributed by atoms with E-state index in [0.717, 1.165) is 16.7 Å². The summed E-state index contributed by atoms with van der Waals surface area (Å²) in [7, 11) is 0. The highest BCUT2D eigenvalue weighted by Crippen LogP contribution is 2.38. The zero-order valence-corrected chi connectivity index (χ0v) is 17.3. The van der Waals surface area contributed by atoms with Crippen molar-refractivity contribution in [2.24, 2.45) is 0 Å². The minimum Gasteiger partial charge on any atom is -0.454 e. The van der Waals surface area contributed by atoms with Crippen molar-refractivity contribution in [1.29, 1.82) is 0 Å². The molecule has 3 aliphatic heterocycles. The Balaban J connectivity index is 1.36. The molecule has 7 rings (SSSR count). The molecule has 1 fully saturated rings. The molecule has 1 aromatic heterocycles. The first kappa shape index (κ1) is 18.6. The Hall–Kier alpha value is -3.95. The van der Waals surface area contributed by atoms with Crippen molar-refractivity contribution in [3.05, 3.63) is 60.5 Å². The third kappa shape index (κ3) is 3.21. The molecular formula is C24H17N3O6. The van der Waals surface area contributed by atoms with Gasteiger partial charge in [-0.2, -0.15) is 0 Å². The minimum atomic E-state index is -0.162. The fourth-order valence-electron chi connectivity index (χ4n) is 4.11. The Morgan fingerprint density at radius 2 is 1.18 bits per heavy atom. The molecule has 4 aliphatic rings. The lowest BCUT2D eigenvalue weighted by Gasteiger charge is -2.16. The van der Waals surface area contributed by atoms with Gasteiger partial charge in [0.05, 0.1) is 0 Å². The van der Waals surface area contributed by atoms with Crippen molar-refractivity contribution in [2.45, 2.75) is 12.2 Å². The number of ether oxygens (including phenoxy) is 6. The van der Waals surface area contributed by atoms with Crippen LogP contribution in [0, 0.1) is 0 Å². The molecule has 4 heterocycles. The number of allylic oxidation sites excluding steroid dienone is 2. The standard InChI is InChI=1S/C24H17N3O6/c1-4-16-19(31-10-28-16)7-13(1)22-25-23(14-2-5-17-20(8-14)32-11-29-17)27-24(26-22)15-3-6-18-21(9-15)33-12-30-18/h1-9,16,19H,10-12H2. The molecule has 164 valence electrons. The van der Waals surface area contributed by atoms with E-state index in [2.05, 4.69) is 0 Å². The van der Waals surface area contributed by atoms with Crippen LogP contribution in [0.2, 0.25) is 0 Å². The molecule has 0 bridgehead atoms.